The van der Waals surface area contributed by atoms with Crippen molar-refractivity contribution >= 4 is 40.5 Å². The number of hydrogen-bond donors (Lipinski definition) is 2. The second-order valence-electron chi connectivity index (χ2n) is 5.49. The van der Waals surface area contributed by atoms with Crippen molar-refractivity contribution in [3.05, 3.63) is 51.5 Å². The molecule has 2 aromatic carbocycles. The minimum absolute atomic E-state index is 0.103. The molecule has 0 aliphatic heterocycles. The quantitative estimate of drug-likeness (QED) is 0.750. The Kier molecular flexibility index (Phi) is 6.35. The number of amides is 1. The molecule has 24 heavy (non-hydrogen) atoms. The van der Waals surface area contributed by atoms with Gasteiger partial charge in [-0.15, -0.1) is 0 Å². The molecular weight excluding hydrogens is 347 g/mol. The maximum Gasteiger partial charge on any atom is 0.226 e. The van der Waals surface area contributed by atoms with Gasteiger partial charge in [-0.05, 0) is 49.2 Å². The molecule has 0 aromatic heterocycles. The SMILES string of the molecule is COc1cc(Cl)c(C)cc1NC(=O)CCNc1ccc(Cl)cc1C. The first kappa shape index (κ1) is 18.4. The predicted octanol–water partition coefficient (Wildman–Crippen LogP) is 5.06. The Bertz CT molecular complexity index is 748. The van der Waals surface area contributed by atoms with Crippen molar-refractivity contribution in [2.45, 2.75) is 20.3 Å². The summed E-state index contributed by atoms with van der Waals surface area (Å²) in [5.74, 6) is 0.439. The first-order valence-electron chi connectivity index (χ1n) is 7.54. The predicted molar refractivity (Wildman–Crippen MR) is 101 cm³/mol. The third-order valence-corrected chi connectivity index (χ3v) is 4.25. The highest BCUT2D eigenvalue weighted by Gasteiger charge is 2.10. The molecule has 0 fully saturated rings. The lowest BCUT2D eigenvalue weighted by molar-refractivity contribution is -0.116. The van der Waals surface area contributed by atoms with E-state index in [1.54, 1.807) is 19.2 Å². The molecule has 0 unspecified atom stereocenters. The van der Waals surface area contributed by atoms with Crippen LogP contribution < -0.4 is 15.4 Å². The van der Waals surface area contributed by atoms with Gasteiger partial charge in [-0.1, -0.05) is 23.2 Å². The van der Waals surface area contributed by atoms with Crippen LogP contribution in [0.5, 0.6) is 5.75 Å². The molecule has 0 spiro atoms. The number of halogens is 2. The fourth-order valence-corrected chi connectivity index (χ4v) is 2.66. The Morgan fingerprint density at radius 2 is 1.83 bits per heavy atom. The van der Waals surface area contributed by atoms with Crippen molar-refractivity contribution in [2.24, 2.45) is 0 Å². The molecular formula is C18H20Cl2N2O2. The molecule has 0 bridgehead atoms. The van der Waals surface area contributed by atoms with E-state index in [-0.39, 0.29) is 5.91 Å². The monoisotopic (exact) mass is 366 g/mol. The molecule has 2 N–H and O–H groups in total. The maximum atomic E-state index is 12.1. The third kappa shape index (κ3) is 4.79. The molecule has 0 saturated heterocycles. The summed E-state index contributed by atoms with van der Waals surface area (Å²) in [4.78, 5) is 12.1. The fourth-order valence-electron chi connectivity index (χ4n) is 2.28. The Morgan fingerprint density at radius 3 is 2.50 bits per heavy atom. The van der Waals surface area contributed by atoms with E-state index in [9.17, 15) is 4.79 Å². The van der Waals surface area contributed by atoms with E-state index in [0.717, 1.165) is 16.8 Å². The van der Waals surface area contributed by atoms with E-state index < -0.39 is 0 Å². The number of hydrogen-bond acceptors (Lipinski definition) is 3. The van der Waals surface area contributed by atoms with Crippen molar-refractivity contribution in [1.29, 1.82) is 0 Å². The molecule has 128 valence electrons. The van der Waals surface area contributed by atoms with Crippen LogP contribution in [0.2, 0.25) is 10.0 Å². The van der Waals surface area contributed by atoms with E-state index in [1.165, 1.54) is 0 Å². The molecule has 0 saturated carbocycles. The van der Waals surface area contributed by atoms with Crippen molar-refractivity contribution in [3.63, 3.8) is 0 Å². The first-order valence-corrected chi connectivity index (χ1v) is 8.30. The van der Waals surface area contributed by atoms with Crippen LogP contribution in [0, 0.1) is 13.8 Å². The number of methoxy groups -OCH3 is 1. The highest BCUT2D eigenvalue weighted by Crippen LogP contribution is 2.31. The summed E-state index contributed by atoms with van der Waals surface area (Å²) in [5.41, 5.74) is 3.50. The standard InChI is InChI=1S/C18H20Cl2N2O2/c1-11-9-16(17(24-3)10-14(11)20)22-18(23)6-7-21-15-5-4-13(19)8-12(15)2/h4-5,8-10,21H,6-7H2,1-3H3,(H,22,23). The first-order chi connectivity index (χ1) is 11.4. The lowest BCUT2D eigenvalue weighted by Gasteiger charge is -2.13. The number of benzene rings is 2. The number of anilines is 2. The number of carbonyl (C=O) groups is 1. The molecule has 2 rings (SSSR count). The van der Waals surface area contributed by atoms with Crippen molar-refractivity contribution in [1.82, 2.24) is 0 Å². The average Bonchev–Trinajstić information content (AvgIpc) is 2.52. The third-order valence-electron chi connectivity index (χ3n) is 3.61. The van der Waals surface area contributed by atoms with E-state index in [2.05, 4.69) is 10.6 Å². The highest BCUT2D eigenvalue weighted by atomic mass is 35.5. The zero-order chi connectivity index (χ0) is 17.7. The Balaban J connectivity index is 1.93. The molecule has 0 atom stereocenters. The van der Waals surface area contributed by atoms with E-state index in [1.807, 2.05) is 32.0 Å². The summed E-state index contributed by atoms with van der Waals surface area (Å²) in [6.07, 6.45) is 0.326. The summed E-state index contributed by atoms with van der Waals surface area (Å²) >= 11 is 12.0. The van der Waals surface area contributed by atoms with Crippen LogP contribution in [0.4, 0.5) is 11.4 Å². The number of carbonyl (C=O) groups excluding carboxylic acids is 1. The summed E-state index contributed by atoms with van der Waals surface area (Å²) < 4.78 is 5.26. The second kappa shape index (κ2) is 8.27. The lowest BCUT2D eigenvalue weighted by Crippen LogP contribution is -2.17. The zero-order valence-electron chi connectivity index (χ0n) is 13.9. The van der Waals surface area contributed by atoms with Crippen LogP contribution in [-0.4, -0.2) is 19.6 Å². The largest absolute Gasteiger partial charge is 0.495 e. The zero-order valence-corrected chi connectivity index (χ0v) is 15.4. The molecule has 0 aliphatic rings. The summed E-state index contributed by atoms with van der Waals surface area (Å²) in [6, 6.07) is 9.10. The summed E-state index contributed by atoms with van der Waals surface area (Å²) in [5, 5.41) is 7.39. The van der Waals surface area contributed by atoms with Gasteiger partial charge in [-0.3, -0.25) is 4.79 Å². The normalized spacial score (nSPS) is 10.4. The summed E-state index contributed by atoms with van der Waals surface area (Å²) in [6.45, 7) is 4.36. The van der Waals surface area contributed by atoms with Gasteiger partial charge >= 0.3 is 0 Å². The smallest absolute Gasteiger partial charge is 0.226 e. The second-order valence-corrected chi connectivity index (χ2v) is 6.33. The van der Waals surface area contributed by atoms with Crippen molar-refractivity contribution in [3.8, 4) is 5.75 Å². The van der Waals surface area contributed by atoms with Gasteiger partial charge in [-0.2, -0.15) is 0 Å². The number of aryl methyl sites for hydroxylation is 2. The van der Waals surface area contributed by atoms with Crippen LogP contribution in [0.25, 0.3) is 0 Å². The van der Waals surface area contributed by atoms with Crippen molar-refractivity contribution in [2.75, 3.05) is 24.3 Å². The summed E-state index contributed by atoms with van der Waals surface area (Å²) in [7, 11) is 1.54. The molecule has 0 heterocycles. The molecule has 4 nitrogen and oxygen atoms in total. The van der Waals surface area contributed by atoms with Gasteiger partial charge in [0.1, 0.15) is 5.75 Å². The van der Waals surface area contributed by atoms with Crippen LogP contribution in [-0.2, 0) is 4.79 Å². The Labute approximate surface area is 152 Å². The molecule has 0 radical (unpaired) electrons. The molecule has 0 aliphatic carbocycles. The van der Waals surface area contributed by atoms with Gasteiger partial charge in [0.15, 0.2) is 0 Å². The van der Waals surface area contributed by atoms with Gasteiger partial charge in [0.25, 0.3) is 0 Å². The fraction of sp³-hybridized carbons (Fsp3) is 0.278. The minimum atomic E-state index is -0.103. The van der Waals surface area contributed by atoms with Gasteiger partial charge in [0.2, 0.25) is 5.91 Å². The van der Waals surface area contributed by atoms with Crippen molar-refractivity contribution < 1.29 is 9.53 Å². The van der Waals surface area contributed by atoms with Gasteiger partial charge in [0.05, 0.1) is 12.8 Å². The number of ether oxygens (including phenoxy) is 1. The van der Waals surface area contributed by atoms with Crippen LogP contribution in [0.15, 0.2) is 30.3 Å². The van der Waals surface area contributed by atoms with Gasteiger partial charge in [-0.25, -0.2) is 0 Å². The van der Waals surface area contributed by atoms with E-state index >= 15 is 0 Å². The van der Waals surface area contributed by atoms with E-state index in [0.29, 0.717) is 34.4 Å². The topological polar surface area (TPSA) is 50.4 Å². The van der Waals surface area contributed by atoms with Crippen LogP contribution >= 0.6 is 23.2 Å². The van der Waals surface area contributed by atoms with Crippen LogP contribution in [0.1, 0.15) is 17.5 Å². The number of nitrogens with one attached hydrogen (secondary N) is 2. The van der Waals surface area contributed by atoms with Crippen LogP contribution in [0.3, 0.4) is 0 Å². The Morgan fingerprint density at radius 1 is 1.08 bits per heavy atom. The minimum Gasteiger partial charge on any atom is -0.495 e. The maximum absolute atomic E-state index is 12.1. The Hall–Kier alpha value is -1.91. The highest BCUT2D eigenvalue weighted by molar-refractivity contribution is 6.31. The number of rotatable bonds is 6. The molecule has 1 amide bonds. The average molecular weight is 367 g/mol. The lowest BCUT2D eigenvalue weighted by atomic mass is 10.2. The van der Waals surface area contributed by atoms with E-state index in [4.69, 9.17) is 27.9 Å². The molecule has 6 heteroatoms. The van der Waals surface area contributed by atoms with Gasteiger partial charge < -0.3 is 15.4 Å². The molecule has 2 aromatic rings. The van der Waals surface area contributed by atoms with Gasteiger partial charge in [0, 0.05) is 34.8 Å².